The van der Waals surface area contributed by atoms with Crippen molar-refractivity contribution in [3.8, 4) is 0 Å². The number of hydrogen-bond acceptors (Lipinski definition) is 3. The summed E-state index contributed by atoms with van der Waals surface area (Å²) in [4.78, 5) is 0. The van der Waals surface area contributed by atoms with Crippen LogP contribution in [0.25, 0.3) is 0 Å². The van der Waals surface area contributed by atoms with Crippen LogP contribution >= 0.6 is 11.8 Å². The molecule has 0 atom stereocenters. The van der Waals surface area contributed by atoms with Crippen LogP contribution in [-0.4, -0.2) is 47.5 Å². The molecule has 0 aromatic carbocycles. The maximum absolute atomic E-state index is 11.7. The summed E-state index contributed by atoms with van der Waals surface area (Å²) in [6.45, 7) is 2.56. The molecule has 0 radical (unpaired) electrons. The van der Waals surface area contributed by atoms with Gasteiger partial charge in [-0.1, -0.05) is 0 Å². The molecule has 12 heavy (non-hydrogen) atoms. The summed E-state index contributed by atoms with van der Waals surface area (Å²) in [6.07, 6.45) is 2.18. The van der Waals surface area contributed by atoms with Crippen LogP contribution in [0.1, 0.15) is 12.8 Å². The zero-order valence-electron chi connectivity index (χ0n) is 7.37. The molecule has 1 aliphatic rings. The number of likely N-dealkylation sites (tertiary alicyclic amines) is 1. The van der Waals surface area contributed by atoms with Crippen LogP contribution in [0.3, 0.4) is 0 Å². The first-order valence-electron chi connectivity index (χ1n) is 4.52. The number of rotatable bonds is 5. The lowest BCUT2D eigenvalue weighted by atomic mass is 10.4. The summed E-state index contributed by atoms with van der Waals surface area (Å²) < 4.78 is 0.0123. The molecule has 0 saturated carbocycles. The Morgan fingerprint density at radius 3 is 2.50 bits per heavy atom. The van der Waals surface area contributed by atoms with Crippen LogP contribution in [0.2, 0.25) is 0 Å². The zero-order chi connectivity index (χ0) is 8.86. The van der Waals surface area contributed by atoms with Crippen LogP contribution in [0.4, 0.5) is 0 Å². The second-order valence-corrected chi connectivity index (χ2v) is 4.50. The van der Waals surface area contributed by atoms with Crippen molar-refractivity contribution < 1.29 is 9.75 Å². The maximum atomic E-state index is 11.7. The summed E-state index contributed by atoms with van der Waals surface area (Å²) in [5, 5.41) is 20.2. The van der Waals surface area contributed by atoms with E-state index >= 15 is 0 Å². The molecule has 72 valence electrons. The summed E-state index contributed by atoms with van der Waals surface area (Å²) in [5.41, 5.74) is 0. The Hall–Kier alpha value is 0.230. The van der Waals surface area contributed by atoms with Crippen molar-refractivity contribution in [1.82, 2.24) is 0 Å². The van der Waals surface area contributed by atoms with Gasteiger partial charge in [0.1, 0.15) is 0 Å². The number of nitrogens with zero attached hydrogens (tertiary/aromatic N) is 1. The van der Waals surface area contributed by atoms with Crippen LogP contribution in [-0.2, 0) is 0 Å². The third-order valence-electron chi connectivity index (χ3n) is 2.26. The van der Waals surface area contributed by atoms with E-state index in [1.165, 1.54) is 0 Å². The molecule has 1 rings (SSSR count). The molecule has 0 spiro atoms. The summed E-state index contributed by atoms with van der Waals surface area (Å²) in [7, 11) is 0. The summed E-state index contributed by atoms with van der Waals surface area (Å²) in [5.74, 6) is 1.66. The lowest BCUT2D eigenvalue weighted by Gasteiger charge is -2.38. The van der Waals surface area contributed by atoms with Gasteiger partial charge in [-0.05, 0) is 0 Å². The highest BCUT2D eigenvalue weighted by Crippen LogP contribution is 2.18. The van der Waals surface area contributed by atoms with Crippen LogP contribution < -0.4 is 0 Å². The normalized spacial score (nSPS) is 21.5. The largest absolute Gasteiger partial charge is 0.633 e. The van der Waals surface area contributed by atoms with E-state index in [9.17, 15) is 5.21 Å². The average molecular weight is 191 g/mol. The van der Waals surface area contributed by atoms with E-state index in [0.29, 0.717) is 0 Å². The van der Waals surface area contributed by atoms with Gasteiger partial charge in [0.05, 0.1) is 26.2 Å². The first-order chi connectivity index (χ1) is 5.77. The van der Waals surface area contributed by atoms with Gasteiger partial charge in [0.2, 0.25) is 0 Å². The Morgan fingerprint density at radius 2 is 1.92 bits per heavy atom. The van der Waals surface area contributed by atoms with E-state index < -0.39 is 0 Å². The lowest BCUT2D eigenvalue weighted by Crippen LogP contribution is -2.40. The minimum absolute atomic E-state index is 0.0123. The van der Waals surface area contributed by atoms with Crippen molar-refractivity contribution in [3.63, 3.8) is 0 Å². The average Bonchev–Trinajstić information content (AvgIpc) is 2.47. The number of hydroxylamine groups is 3. The molecule has 0 aromatic heterocycles. The molecule has 3 nitrogen and oxygen atoms in total. The van der Waals surface area contributed by atoms with Gasteiger partial charge in [-0.25, -0.2) is 0 Å². The first kappa shape index (κ1) is 10.3. The Labute approximate surface area is 77.9 Å². The van der Waals surface area contributed by atoms with Gasteiger partial charge in [0.25, 0.3) is 0 Å². The fourth-order valence-electron chi connectivity index (χ4n) is 1.53. The second kappa shape index (κ2) is 5.07. The highest BCUT2D eigenvalue weighted by atomic mass is 32.2. The number of quaternary nitrogens is 1. The SMILES string of the molecule is [O-][N+]1(CCSCCO)CCCC1. The Morgan fingerprint density at radius 1 is 1.25 bits per heavy atom. The standard InChI is InChI=1S/C8H17NO2S/c10-6-8-12-7-5-9(11)3-1-2-4-9/h10H,1-8H2. The van der Waals surface area contributed by atoms with Gasteiger partial charge in [-0.2, -0.15) is 11.8 Å². The van der Waals surface area contributed by atoms with Gasteiger partial charge < -0.3 is 15.0 Å². The molecule has 1 aliphatic heterocycles. The number of aliphatic hydroxyl groups excluding tert-OH is 1. The van der Waals surface area contributed by atoms with Crippen molar-refractivity contribution >= 4 is 11.8 Å². The van der Waals surface area contributed by atoms with Crippen molar-refractivity contribution in [2.24, 2.45) is 0 Å². The fraction of sp³-hybridized carbons (Fsp3) is 1.00. The molecule has 1 heterocycles. The highest BCUT2D eigenvalue weighted by molar-refractivity contribution is 7.99. The fourth-order valence-corrected chi connectivity index (χ4v) is 2.33. The molecule has 0 aliphatic carbocycles. The van der Waals surface area contributed by atoms with Crippen molar-refractivity contribution in [1.29, 1.82) is 0 Å². The van der Waals surface area contributed by atoms with Crippen molar-refractivity contribution in [3.05, 3.63) is 5.21 Å². The topological polar surface area (TPSA) is 43.3 Å². The third-order valence-corrected chi connectivity index (χ3v) is 3.20. The van der Waals surface area contributed by atoms with E-state index in [1.54, 1.807) is 11.8 Å². The first-order valence-corrected chi connectivity index (χ1v) is 5.68. The second-order valence-electron chi connectivity index (χ2n) is 3.27. The maximum Gasteiger partial charge on any atom is 0.0875 e. The van der Waals surface area contributed by atoms with Crippen molar-refractivity contribution in [2.75, 3.05) is 37.7 Å². The Bertz CT molecular complexity index is 126. The Kier molecular flexibility index (Phi) is 4.35. The quantitative estimate of drug-likeness (QED) is 0.397. The molecule has 0 aromatic rings. The predicted octanol–water partition coefficient (Wildman–Crippen LogP) is 0.820. The van der Waals surface area contributed by atoms with E-state index in [4.69, 9.17) is 5.11 Å². The monoisotopic (exact) mass is 191 g/mol. The van der Waals surface area contributed by atoms with Gasteiger partial charge in [0, 0.05) is 24.3 Å². The molecule has 0 unspecified atom stereocenters. The van der Waals surface area contributed by atoms with Crippen LogP contribution in [0.5, 0.6) is 0 Å². The molecule has 4 heteroatoms. The van der Waals surface area contributed by atoms with E-state index in [1.807, 2.05) is 0 Å². The van der Waals surface area contributed by atoms with E-state index in [2.05, 4.69) is 0 Å². The van der Waals surface area contributed by atoms with Crippen LogP contribution in [0.15, 0.2) is 0 Å². The van der Waals surface area contributed by atoms with E-state index in [-0.39, 0.29) is 11.3 Å². The molecule has 1 N–H and O–H groups in total. The zero-order valence-corrected chi connectivity index (χ0v) is 8.18. The molecule has 0 amide bonds. The molecular weight excluding hydrogens is 174 g/mol. The minimum atomic E-state index is 0.0123. The number of aliphatic hydroxyl groups is 1. The molecule has 0 bridgehead atoms. The summed E-state index contributed by atoms with van der Waals surface area (Å²) in [6, 6.07) is 0. The van der Waals surface area contributed by atoms with E-state index in [0.717, 1.165) is 44.0 Å². The highest BCUT2D eigenvalue weighted by Gasteiger charge is 2.21. The third kappa shape index (κ3) is 3.31. The number of thioether (sulfide) groups is 1. The lowest BCUT2D eigenvalue weighted by molar-refractivity contribution is -0.865. The molecular formula is C8H17NO2S. The van der Waals surface area contributed by atoms with Gasteiger partial charge in [-0.15, -0.1) is 0 Å². The molecule has 1 fully saturated rings. The minimum Gasteiger partial charge on any atom is -0.633 e. The van der Waals surface area contributed by atoms with Gasteiger partial charge in [-0.3, -0.25) is 0 Å². The predicted molar refractivity (Wildman–Crippen MR) is 51.9 cm³/mol. The van der Waals surface area contributed by atoms with Gasteiger partial charge >= 0.3 is 0 Å². The summed E-state index contributed by atoms with van der Waals surface area (Å²) >= 11 is 1.67. The molecule has 1 saturated heterocycles. The van der Waals surface area contributed by atoms with Crippen molar-refractivity contribution in [2.45, 2.75) is 12.8 Å². The van der Waals surface area contributed by atoms with Gasteiger partial charge in [0.15, 0.2) is 0 Å². The smallest absolute Gasteiger partial charge is 0.0875 e. The Balaban J connectivity index is 2.05. The van der Waals surface area contributed by atoms with Crippen LogP contribution in [0, 0.1) is 5.21 Å². The number of hydrogen-bond donors (Lipinski definition) is 1.